The van der Waals surface area contributed by atoms with Crippen molar-refractivity contribution >= 4 is 11.8 Å². The van der Waals surface area contributed by atoms with E-state index in [-0.39, 0.29) is 24.8 Å². The van der Waals surface area contributed by atoms with Crippen LogP contribution in [0.4, 0.5) is 4.39 Å². The van der Waals surface area contributed by atoms with Gasteiger partial charge in [-0.3, -0.25) is 9.59 Å². The number of hydrogen-bond acceptors (Lipinski definition) is 2. The molecule has 0 unspecified atom stereocenters. The fourth-order valence-corrected chi connectivity index (χ4v) is 2.34. The molecule has 2 aromatic rings. The van der Waals surface area contributed by atoms with Crippen molar-refractivity contribution < 1.29 is 14.0 Å². The van der Waals surface area contributed by atoms with E-state index in [2.05, 4.69) is 5.32 Å². The molecule has 0 radical (unpaired) electrons. The molecule has 0 bridgehead atoms. The highest BCUT2D eigenvalue weighted by atomic mass is 19.1. The zero-order chi connectivity index (χ0) is 17.4. The van der Waals surface area contributed by atoms with E-state index < -0.39 is 5.82 Å². The van der Waals surface area contributed by atoms with Crippen molar-refractivity contribution in [1.29, 1.82) is 0 Å². The zero-order valence-electron chi connectivity index (χ0n) is 13.7. The van der Waals surface area contributed by atoms with Gasteiger partial charge in [-0.15, -0.1) is 0 Å². The average Bonchev–Trinajstić information content (AvgIpc) is 2.60. The summed E-state index contributed by atoms with van der Waals surface area (Å²) in [6.45, 7) is 2.85. The molecule has 0 atom stereocenters. The smallest absolute Gasteiger partial charge is 0.242 e. The molecule has 2 amide bonds. The molecule has 4 nitrogen and oxygen atoms in total. The number of nitrogens with one attached hydrogen (secondary N) is 1. The molecule has 0 fully saturated rings. The molecular formula is C19H21FN2O2. The summed E-state index contributed by atoms with van der Waals surface area (Å²) < 4.78 is 13.5. The number of hydrogen-bond donors (Lipinski definition) is 1. The lowest BCUT2D eigenvalue weighted by Crippen LogP contribution is -2.40. The Hall–Kier alpha value is -2.69. The third-order valence-corrected chi connectivity index (χ3v) is 3.70. The van der Waals surface area contributed by atoms with Gasteiger partial charge >= 0.3 is 0 Å². The number of benzene rings is 2. The summed E-state index contributed by atoms with van der Waals surface area (Å²) in [6.07, 6.45) is -0.0786. The molecule has 0 spiro atoms. The summed E-state index contributed by atoms with van der Waals surface area (Å²) in [5.74, 6) is -0.953. The molecule has 0 saturated heterocycles. The largest absolute Gasteiger partial charge is 0.347 e. The van der Waals surface area contributed by atoms with Gasteiger partial charge in [0.15, 0.2) is 0 Å². The van der Waals surface area contributed by atoms with Crippen LogP contribution >= 0.6 is 0 Å². The first-order valence-corrected chi connectivity index (χ1v) is 7.92. The molecule has 2 aromatic carbocycles. The van der Waals surface area contributed by atoms with E-state index in [0.29, 0.717) is 18.7 Å². The second kappa shape index (κ2) is 8.82. The Labute approximate surface area is 141 Å². The molecule has 0 saturated carbocycles. The number of carbonyl (C=O) groups is 2. The fraction of sp³-hybridized carbons (Fsp3) is 0.263. The highest BCUT2D eigenvalue weighted by Crippen LogP contribution is 2.07. The third kappa shape index (κ3) is 5.19. The maximum atomic E-state index is 13.5. The number of carbonyl (C=O) groups excluding carboxylic acids is 2. The summed E-state index contributed by atoms with van der Waals surface area (Å²) in [7, 11) is 0. The van der Waals surface area contributed by atoms with E-state index in [0.717, 1.165) is 5.56 Å². The second-order valence-electron chi connectivity index (χ2n) is 5.44. The lowest BCUT2D eigenvalue weighted by molar-refractivity contribution is -0.133. The average molecular weight is 328 g/mol. The van der Waals surface area contributed by atoms with Crippen LogP contribution in [-0.4, -0.2) is 29.8 Å². The van der Waals surface area contributed by atoms with Gasteiger partial charge < -0.3 is 10.2 Å². The normalized spacial score (nSPS) is 10.2. The minimum atomic E-state index is -0.418. The van der Waals surface area contributed by atoms with E-state index in [1.165, 1.54) is 6.07 Å². The quantitative estimate of drug-likeness (QED) is 0.849. The highest BCUT2D eigenvalue weighted by Gasteiger charge is 2.14. The van der Waals surface area contributed by atoms with Crippen LogP contribution in [0.15, 0.2) is 54.6 Å². The first kappa shape index (κ1) is 17.7. The Bertz CT molecular complexity index is 689. The minimum absolute atomic E-state index is 0.0786. The monoisotopic (exact) mass is 328 g/mol. The van der Waals surface area contributed by atoms with Crippen LogP contribution in [0, 0.1) is 5.82 Å². The molecule has 0 aliphatic carbocycles. The Morgan fingerprint density at radius 1 is 1.04 bits per heavy atom. The summed E-state index contributed by atoms with van der Waals surface area (Å²) in [5.41, 5.74) is 1.35. The van der Waals surface area contributed by atoms with Gasteiger partial charge in [0.05, 0.1) is 13.0 Å². The number of likely N-dealkylation sites (N-methyl/N-ethyl adjacent to an activating group) is 1. The van der Waals surface area contributed by atoms with Crippen LogP contribution < -0.4 is 5.32 Å². The fourth-order valence-electron chi connectivity index (χ4n) is 2.34. The number of amides is 2. The van der Waals surface area contributed by atoms with Gasteiger partial charge in [-0.1, -0.05) is 48.5 Å². The van der Waals surface area contributed by atoms with Crippen LogP contribution in [-0.2, 0) is 22.6 Å². The van der Waals surface area contributed by atoms with Gasteiger partial charge in [0.1, 0.15) is 5.82 Å². The maximum absolute atomic E-state index is 13.5. The first-order chi connectivity index (χ1) is 11.6. The zero-order valence-corrected chi connectivity index (χ0v) is 13.7. The topological polar surface area (TPSA) is 49.4 Å². The van der Waals surface area contributed by atoms with E-state index >= 15 is 0 Å². The van der Waals surface area contributed by atoms with Crippen molar-refractivity contribution in [1.82, 2.24) is 10.2 Å². The molecule has 24 heavy (non-hydrogen) atoms. The van der Waals surface area contributed by atoms with Crippen LogP contribution in [0.25, 0.3) is 0 Å². The van der Waals surface area contributed by atoms with E-state index in [1.54, 1.807) is 23.1 Å². The van der Waals surface area contributed by atoms with E-state index in [9.17, 15) is 14.0 Å². The summed E-state index contributed by atoms with van der Waals surface area (Å²) >= 11 is 0. The standard InChI is InChI=1S/C19H21FN2O2/c1-2-22(14-15-8-4-3-5-9-15)19(24)13-21-18(23)12-16-10-6-7-11-17(16)20/h3-11H,2,12-14H2,1H3,(H,21,23). The molecular weight excluding hydrogens is 307 g/mol. The van der Waals surface area contributed by atoms with Gasteiger partial charge in [-0.2, -0.15) is 0 Å². The van der Waals surface area contributed by atoms with Gasteiger partial charge in [0, 0.05) is 13.1 Å². The van der Waals surface area contributed by atoms with Crippen molar-refractivity contribution in [2.75, 3.05) is 13.1 Å². The molecule has 2 rings (SSSR count). The Balaban J connectivity index is 1.84. The predicted octanol–water partition coefficient (Wildman–Crippen LogP) is 2.53. The van der Waals surface area contributed by atoms with Crippen molar-refractivity contribution in [2.24, 2.45) is 0 Å². The second-order valence-corrected chi connectivity index (χ2v) is 5.44. The molecule has 5 heteroatoms. The van der Waals surface area contributed by atoms with Gasteiger partial charge in [0.25, 0.3) is 0 Å². The maximum Gasteiger partial charge on any atom is 0.242 e. The molecule has 0 heterocycles. The Kier molecular flexibility index (Phi) is 6.49. The van der Waals surface area contributed by atoms with Crippen LogP contribution in [0.1, 0.15) is 18.1 Å². The Morgan fingerprint density at radius 2 is 1.71 bits per heavy atom. The molecule has 126 valence electrons. The first-order valence-electron chi connectivity index (χ1n) is 7.92. The predicted molar refractivity (Wildman–Crippen MR) is 90.6 cm³/mol. The number of rotatable bonds is 7. The summed E-state index contributed by atoms with van der Waals surface area (Å²) in [6, 6.07) is 15.8. The lowest BCUT2D eigenvalue weighted by atomic mass is 10.1. The molecule has 0 aromatic heterocycles. The number of halogens is 1. The summed E-state index contributed by atoms with van der Waals surface area (Å²) in [5, 5.41) is 2.56. The summed E-state index contributed by atoms with van der Waals surface area (Å²) in [4.78, 5) is 25.8. The van der Waals surface area contributed by atoms with E-state index in [1.807, 2.05) is 37.3 Å². The molecule has 0 aliphatic rings. The van der Waals surface area contributed by atoms with Crippen LogP contribution in [0.5, 0.6) is 0 Å². The van der Waals surface area contributed by atoms with Crippen molar-refractivity contribution in [3.63, 3.8) is 0 Å². The van der Waals surface area contributed by atoms with Gasteiger partial charge in [-0.05, 0) is 24.1 Å². The molecule has 1 N–H and O–H groups in total. The van der Waals surface area contributed by atoms with Gasteiger partial charge in [-0.25, -0.2) is 4.39 Å². The van der Waals surface area contributed by atoms with E-state index in [4.69, 9.17) is 0 Å². The Morgan fingerprint density at radius 3 is 2.38 bits per heavy atom. The highest BCUT2D eigenvalue weighted by molar-refractivity contribution is 5.85. The number of nitrogens with zero attached hydrogens (tertiary/aromatic N) is 1. The van der Waals surface area contributed by atoms with Crippen molar-refractivity contribution in [2.45, 2.75) is 19.9 Å². The third-order valence-electron chi connectivity index (χ3n) is 3.70. The van der Waals surface area contributed by atoms with Crippen LogP contribution in [0.3, 0.4) is 0 Å². The lowest BCUT2D eigenvalue weighted by Gasteiger charge is -2.21. The molecule has 0 aliphatic heterocycles. The van der Waals surface area contributed by atoms with Crippen LogP contribution in [0.2, 0.25) is 0 Å². The van der Waals surface area contributed by atoms with Crippen molar-refractivity contribution in [3.8, 4) is 0 Å². The minimum Gasteiger partial charge on any atom is -0.347 e. The SMILES string of the molecule is CCN(Cc1ccccc1)C(=O)CNC(=O)Cc1ccccc1F. The van der Waals surface area contributed by atoms with Gasteiger partial charge in [0.2, 0.25) is 11.8 Å². The van der Waals surface area contributed by atoms with Crippen molar-refractivity contribution in [3.05, 3.63) is 71.5 Å².